The number of halogens is 5. The van der Waals surface area contributed by atoms with Crippen molar-refractivity contribution in [1.82, 2.24) is 0 Å². The van der Waals surface area contributed by atoms with Crippen LogP contribution in [0.15, 0.2) is 28.4 Å². The first kappa shape index (κ1) is 21.2. The Morgan fingerprint density at radius 3 is 2.31 bits per heavy atom. The SMILES string of the molecule is CC1(C)OB(C(F)=Cc2cc(Br)ccc2OCCC(F)(F)F)OC1(C)C. The third-order valence-corrected chi connectivity index (χ3v) is 4.88. The first-order valence-corrected chi connectivity index (χ1v) is 8.82. The van der Waals surface area contributed by atoms with E-state index in [4.69, 9.17) is 14.0 Å². The number of hydrogen-bond acceptors (Lipinski definition) is 3. The zero-order valence-electron chi connectivity index (χ0n) is 14.9. The zero-order valence-corrected chi connectivity index (χ0v) is 16.5. The molecule has 2 rings (SSSR count). The van der Waals surface area contributed by atoms with Gasteiger partial charge in [0.25, 0.3) is 0 Å². The van der Waals surface area contributed by atoms with E-state index < -0.39 is 43.3 Å². The highest BCUT2D eigenvalue weighted by molar-refractivity contribution is 9.10. The van der Waals surface area contributed by atoms with Crippen LogP contribution in [0.1, 0.15) is 39.7 Å². The monoisotopic (exact) mass is 438 g/mol. The van der Waals surface area contributed by atoms with Crippen LogP contribution in [-0.2, 0) is 9.31 Å². The Morgan fingerprint density at radius 2 is 1.77 bits per heavy atom. The molecule has 0 unspecified atom stereocenters. The lowest BCUT2D eigenvalue weighted by molar-refractivity contribution is -0.139. The number of hydrogen-bond donors (Lipinski definition) is 0. The molecule has 0 amide bonds. The van der Waals surface area contributed by atoms with Crippen LogP contribution in [0.5, 0.6) is 5.75 Å². The van der Waals surface area contributed by atoms with E-state index in [0.717, 1.165) is 6.08 Å². The van der Waals surface area contributed by atoms with Crippen LogP contribution in [-0.4, -0.2) is 31.1 Å². The first-order chi connectivity index (χ1) is 11.8. The smallest absolute Gasteiger partial charge is 0.493 e. The minimum atomic E-state index is -4.32. The van der Waals surface area contributed by atoms with Gasteiger partial charge in [-0.3, -0.25) is 0 Å². The predicted octanol–water partition coefficient (Wildman–Crippen LogP) is 5.72. The lowest BCUT2D eigenvalue weighted by atomic mass is 9.86. The molecule has 0 aromatic heterocycles. The molecule has 0 spiro atoms. The van der Waals surface area contributed by atoms with E-state index in [1.54, 1.807) is 39.8 Å². The summed E-state index contributed by atoms with van der Waals surface area (Å²) in [5.41, 5.74) is -1.81. The maximum absolute atomic E-state index is 14.7. The third kappa shape index (κ3) is 5.23. The van der Waals surface area contributed by atoms with Crippen LogP contribution < -0.4 is 4.74 Å². The standard InChI is InChI=1S/C17H20BBrF4O3/c1-15(2)16(3,4)26-18(25-15)14(20)10-11-9-12(19)5-6-13(11)24-8-7-17(21,22)23/h5-6,9-10H,7-8H2,1-4H3. The van der Waals surface area contributed by atoms with Gasteiger partial charge in [-0.15, -0.1) is 0 Å². The van der Waals surface area contributed by atoms with Gasteiger partial charge in [-0.05, 0) is 52.0 Å². The molecule has 1 aliphatic heterocycles. The van der Waals surface area contributed by atoms with Gasteiger partial charge in [0.2, 0.25) is 0 Å². The van der Waals surface area contributed by atoms with Crippen molar-refractivity contribution in [2.45, 2.75) is 51.5 Å². The summed E-state index contributed by atoms with van der Waals surface area (Å²) in [5, 5.41) is 0. The first-order valence-electron chi connectivity index (χ1n) is 8.02. The Balaban J connectivity index is 2.19. The van der Waals surface area contributed by atoms with Gasteiger partial charge in [-0.2, -0.15) is 13.2 Å². The Bertz CT molecular complexity index is 673. The lowest BCUT2D eigenvalue weighted by Gasteiger charge is -2.32. The Labute approximate surface area is 159 Å². The topological polar surface area (TPSA) is 27.7 Å². The molecule has 9 heteroatoms. The average Bonchev–Trinajstić information content (AvgIpc) is 2.68. The molecule has 0 saturated carbocycles. The minimum absolute atomic E-state index is 0.143. The van der Waals surface area contributed by atoms with E-state index in [-0.39, 0.29) is 11.3 Å². The lowest BCUT2D eigenvalue weighted by Crippen LogP contribution is -2.41. The zero-order chi connectivity index (χ0) is 19.8. The van der Waals surface area contributed by atoms with Gasteiger partial charge in [-0.25, -0.2) is 4.39 Å². The Morgan fingerprint density at radius 1 is 1.19 bits per heavy atom. The van der Waals surface area contributed by atoms with Gasteiger partial charge in [0.1, 0.15) is 11.5 Å². The van der Waals surface area contributed by atoms with E-state index >= 15 is 0 Å². The molecule has 0 bridgehead atoms. The van der Waals surface area contributed by atoms with Crippen LogP contribution in [0.3, 0.4) is 0 Å². The van der Waals surface area contributed by atoms with E-state index in [1.165, 1.54) is 6.07 Å². The molecule has 1 aromatic carbocycles. The van der Waals surface area contributed by atoms with Crippen molar-refractivity contribution >= 4 is 29.1 Å². The molecular weight excluding hydrogens is 419 g/mol. The maximum atomic E-state index is 14.7. The molecule has 0 aliphatic carbocycles. The Kier molecular flexibility index (Phi) is 6.14. The largest absolute Gasteiger partial charge is 0.525 e. The molecule has 0 radical (unpaired) electrons. The second-order valence-corrected chi connectivity index (χ2v) is 7.93. The highest BCUT2D eigenvalue weighted by atomic mass is 79.9. The van der Waals surface area contributed by atoms with Crippen LogP contribution in [0.2, 0.25) is 0 Å². The second kappa shape index (κ2) is 7.52. The van der Waals surface area contributed by atoms with Crippen molar-refractivity contribution < 1.29 is 31.6 Å². The molecule has 1 heterocycles. The van der Waals surface area contributed by atoms with E-state index in [1.807, 2.05) is 0 Å². The van der Waals surface area contributed by atoms with Gasteiger partial charge >= 0.3 is 13.3 Å². The van der Waals surface area contributed by atoms with Crippen molar-refractivity contribution in [1.29, 1.82) is 0 Å². The molecule has 0 atom stereocenters. The number of ether oxygens (including phenoxy) is 1. The van der Waals surface area contributed by atoms with Crippen molar-refractivity contribution in [2.24, 2.45) is 0 Å². The maximum Gasteiger partial charge on any atom is 0.525 e. The molecule has 1 aliphatic rings. The fraction of sp³-hybridized carbons (Fsp3) is 0.529. The fourth-order valence-electron chi connectivity index (χ4n) is 2.21. The van der Waals surface area contributed by atoms with Crippen LogP contribution in [0, 0.1) is 0 Å². The van der Waals surface area contributed by atoms with Crippen LogP contribution >= 0.6 is 15.9 Å². The normalized spacial score (nSPS) is 19.7. The summed E-state index contributed by atoms with van der Waals surface area (Å²) in [5.74, 6) is 0.143. The molecule has 3 nitrogen and oxygen atoms in total. The van der Waals surface area contributed by atoms with E-state index in [0.29, 0.717) is 4.47 Å². The fourth-order valence-corrected chi connectivity index (χ4v) is 2.59. The van der Waals surface area contributed by atoms with Crippen molar-refractivity contribution in [3.05, 3.63) is 34.0 Å². The summed E-state index contributed by atoms with van der Waals surface area (Å²) in [6, 6.07) is 4.63. The van der Waals surface area contributed by atoms with E-state index in [2.05, 4.69) is 15.9 Å². The summed E-state index contributed by atoms with van der Waals surface area (Å²) >= 11 is 3.26. The van der Waals surface area contributed by atoms with Gasteiger partial charge in [0, 0.05) is 10.0 Å². The average molecular weight is 439 g/mol. The van der Waals surface area contributed by atoms with Gasteiger partial charge in [0.15, 0.2) is 0 Å². The van der Waals surface area contributed by atoms with Gasteiger partial charge < -0.3 is 14.0 Å². The van der Waals surface area contributed by atoms with Gasteiger partial charge in [-0.1, -0.05) is 15.9 Å². The molecule has 1 saturated heterocycles. The number of alkyl halides is 3. The summed E-state index contributed by atoms with van der Waals surface area (Å²) in [6.45, 7) is 6.64. The molecular formula is C17H20BBrF4O3. The van der Waals surface area contributed by atoms with E-state index in [9.17, 15) is 17.6 Å². The molecule has 1 aromatic rings. The Hall–Kier alpha value is -1.06. The minimum Gasteiger partial charge on any atom is -0.493 e. The second-order valence-electron chi connectivity index (χ2n) is 7.01. The summed E-state index contributed by atoms with van der Waals surface area (Å²) in [4.78, 5) is 0. The third-order valence-electron chi connectivity index (χ3n) is 4.39. The summed E-state index contributed by atoms with van der Waals surface area (Å²) in [7, 11) is -1.19. The van der Waals surface area contributed by atoms with Crippen molar-refractivity contribution in [3.8, 4) is 5.75 Å². The number of benzene rings is 1. The predicted molar refractivity (Wildman–Crippen MR) is 95.5 cm³/mol. The quantitative estimate of drug-likeness (QED) is 0.434. The summed E-state index contributed by atoms with van der Waals surface area (Å²) in [6.07, 6.45) is -4.26. The van der Waals surface area contributed by atoms with Gasteiger partial charge in [0.05, 0.1) is 24.2 Å². The molecule has 1 fully saturated rings. The summed E-state index contributed by atoms with van der Waals surface area (Å²) < 4.78 is 68.6. The number of rotatable bonds is 5. The highest BCUT2D eigenvalue weighted by Crippen LogP contribution is 2.39. The van der Waals surface area contributed by atoms with Crippen molar-refractivity contribution in [3.63, 3.8) is 0 Å². The highest BCUT2D eigenvalue weighted by Gasteiger charge is 2.53. The van der Waals surface area contributed by atoms with Crippen LogP contribution in [0.4, 0.5) is 17.6 Å². The molecule has 144 valence electrons. The molecule has 26 heavy (non-hydrogen) atoms. The van der Waals surface area contributed by atoms with Crippen LogP contribution in [0.25, 0.3) is 6.08 Å². The van der Waals surface area contributed by atoms with Crippen molar-refractivity contribution in [2.75, 3.05) is 6.61 Å². The molecule has 0 N–H and O–H groups in total.